The Bertz CT molecular complexity index is 552. The van der Waals surface area contributed by atoms with Crippen molar-refractivity contribution >= 4 is 5.91 Å². The number of benzene rings is 1. The molecule has 1 heterocycles. The van der Waals surface area contributed by atoms with E-state index in [1.54, 1.807) is 17.1 Å². The van der Waals surface area contributed by atoms with Gasteiger partial charge in [0.05, 0.1) is 12.3 Å². The average Bonchev–Trinajstić information content (AvgIpc) is 2.99. The maximum absolute atomic E-state index is 11.7. The van der Waals surface area contributed by atoms with Crippen molar-refractivity contribution in [3.8, 4) is 0 Å². The molecule has 6 heteroatoms. The molecule has 1 unspecified atom stereocenters. The summed E-state index contributed by atoms with van der Waals surface area (Å²) in [7, 11) is 0. The van der Waals surface area contributed by atoms with Crippen molar-refractivity contribution in [1.29, 1.82) is 0 Å². The van der Waals surface area contributed by atoms with E-state index in [1.165, 1.54) is 0 Å². The first-order valence-corrected chi connectivity index (χ1v) is 7.00. The quantitative estimate of drug-likeness (QED) is 0.802. The number of aromatic nitrogens is 3. The summed E-state index contributed by atoms with van der Waals surface area (Å²) in [6.45, 7) is 2.88. The van der Waals surface area contributed by atoms with Gasteiger partial charge in [-0.05, 0) is 18.9 Å². The Morgan fingerprint density at radius 3 is 2.81 bits per heavy atom. The lowest BCUT2D eigenvalue weighted by Crippen LogP contribution is -2.28. The molecule has 2 aromatic rings. The van der Waals surface area contributed by atoms with E-state index in [-0.39, 0.29) is 12.5 Å². The summed E-state index contributed by atoms with van der Waals surface area (Å²) >= 11 is 0. The SMILES string of the molecule is Cc1ccc(C(O)CNC(=O)CCCn2ccnn2)cc1. The molecule has 0 aliphatic heterocycles. The van der Waals surface area contributed by atoms with Crippen LogP contribution in [0, 0.1) is 6.92 Å². The van der Waals surface area contributed by atoms with Gasteiger partial charge in [-0.2, -0.15) is 0 Å². The minimum Gasteiger partial charge on any atom is -0.387 e. The van der Waals surface area contributed by atoms with E-state index in [1.807, 2.05) is 31.2 Å². The van der Waals surface area contributed by atoms with Crippen molar-refractivity contribution in [2.45, 2.75) is 32.4 Å². The molecule has 0 saturated carbocycles. The lowest BCUT2D eigenvalue weighted by molar-refractivity contribution is -0.121. The Kier molecular flexibility index (Phi) is 5.45. The average molecular weight is 288 g/mol. The molecule has 2 rings (SSSR count). The van der Waals surface area contributed by atoms with Crippen LogP contribution in [-0.4, -0.2) is 32.6 Å². The second kappa shape index (κ2) is 7.54. The van der Waals surface area contributed by atoms with Crippen LogP contribution < -0.4 is 5.32 Å². The Morgan fingerprint density at radius 2 is 2.14 bits per heavy atom. The molecule has 0 saturated heterocycles. The molecule has 6 nitrogen and oxygen atoms in total. The van der Waals surface area contributed by atoms with Crippen molar-refractivity contribution < 1.29 is 9.90 Å². The fourth-order valence-electron chi connectivity index (χ4n) is 1.96. The first kappa shape index (κ1) is 15.2. The van der Waals surface area contributed by atoms with Crippen LogP contribution in [0.25, 0.3) is 0 Å². The van der Waals surface area contributed by atoms with Gasteiger partial charge in [-0.25, -0.2) is 0 Å². The van der Waals surface area contributed by atoms with E-state index in [9.17, 15) is 9.90 Å². The molecule has 0 aliphatic carbocycles. The van der Waals surface area contributed by atoms with Crippen LogP contribution >= 0.6 is 0 Å². The first-order chi connectivity index (χ1) is 10.1. The third kappa shape index (κ3) is 5.00. The molecule has 0 aliphatic rings. The van der Waals surface area contributed by atoms with Crippen molar-refractivity contribution in [3.63, 3.8) is 0 Å². The van der Waals surface area contributed by atoms with E-state index in [2.05, 4.69) is 15.6 Å². The monoisotopic (exact) mass is 288 g/mol. The van der Waals surface area contributed by atoms with Crippen LogP contribution in [0.4, 0.5) is 0 Å². The summed E-state index contributed by atoms with van der Waals surface area (Å²) in [6.07, 6.45) is 3.79. The van der Waals surface area contributed by atoms with Gasteiger partial charge in [0.2, 0.25) is 5.91 Å². The highest BCUT2D eigenvalue weighted by molar-refractivity contribution is 5.75. The van der Waals surface area contributed by atoms with Gasteiger partial charge in [-0.1, -0.05) is 35.0 Å². The van der Waals surface area contributed by atoms with Crippen molar-refractivity contribution in [2.24, 2.45) is 0 Å². The minimum atomic E-state index is -0.676. The maximum atomic E-state index is 11.7. The standard InChI is InChI=1S/C15H20N4O2/c1-12-4-6-13(7-5-12)14(20)11-16-15(21)3-2-9-19-10-8-17-18-19/h4-8,10,14,20H,2-3,9,11H2,1H3,(H,16,21). The number of amides is 1. The maximum Gasteiger partial charge on any atom is 0.220 e. The van der Waals surface area contributed by atoms with Crippen LogP contribution in [0.15, 0.2) is 36.7 Å². The fourth-order valence-corrected chi connectivity index (χ4v) is 1.96. The summed E-state index contributed by atoms with van der Waals surface area (Å²) in [6, 6.07) is 7.63. The van der Waals surface area contributed by atoms with Gasteiger partial charge in [-0.15, -0.1) is 5.10 Å². The van der Waals surface area contributed by atoms with Crippen LogP contribution in [0.2, 0.25) is 0 Å². The van der Waals surface area contributed by atoms with E-state index < -0.39 is 6.10 Å². The zero-order valence-electron chi connectivity index (χ0n) is 12.1. The number of rotatable bonds is 7. The van der Waals surface area contributed by atoms with Gasteiger partial charge in [0.15, 0.2) is 0 Å². The van der Waals surface area contributed by atoms with E-state index in [4.69, 9.17) is 0 Å². The number of hydrogen-bond donors (Lipinski definition) is 2. The third-order valence-corrected chi connectivity index (χ3v) is 3.22. The fraction of sp³-hybridized carbons (Fsp3) is 0.400. The molecule has 112 valence electrons. The second-order valence-electron chi connectivity index (χ2n) is 5.00. The van der Waals surface area contributed by atoms with Gasteiger partial charge < -0.3 is 10.4 Å². The largest absolute Gasteiger partial charge is 0.387 e. The highest BCUT2D eigenvalue weighted by Crippen LogP contribution is 2.12. The number of nitrogens with zero attached hydrogens (tertiary/aromatic N) is 3. The smallest absolute Gasteiger partial charge is 0.220 e. The molecule has 0 radical (unpaired) electrons. The Labute approximate surface area is 123 Å². The summed E-state index contributed by atoms with van der Waals surface area (Å²) in [5.74, 6) is -0.0683. The molecule has 0 spiro atoms. The number of aliphatic hydroxyl groups is 1. The van der Waals surface area contributed by atoms with Gasteiger partial charge >= 0.3 is 0 Å². The highest BCUT2D eigenvalue weighted by Gasteiger charge is 2.09. The number of aryl methyl sites for hydroxylation is 2. The molecule has 0 bridgehead atoms. The molecular formula is C15H20N4O2. The normalized spacial score (nSPS) is 12.1. The topological polar surface area (TPSA) is 80.0 Å². The van der Waals surface area contributed by atoms with Crippen LogP contribution in [0.5, 0.6) is 0 Å². The van der Waals surface area contributed by atoms with Gasteiger partial charge in [0.25, 0.3) is 0 Å². The molecule has 1 aromatic heterocycles. The second-order valence-corrected chi connectivity index (χ2v) is 5.00. The molecule has 0 fully saturated rings. The third-order valence-electron chi connectivity index (χ3n) is 3.22. The summed E-state index contributed by atoms with van der Waals surface area (Å²) in [5, 5.41) is 20.3. The van der Waals surface area contributed by atoms with Crippen LogP contribution in [0.1, 0.15) is 30.1 Å². The summed E-state index contributed by atoms with van der Waals surface area (Å²) in [4.78, 5) is 11.7. The lowest BCUT2D eigenvalue weighted by atomic mass is 10.1. The Balaban J connectivity index is 1.67. The number of hydrogen-bond acceptors (Lipinski definition) is 4. The van der Waals surface area contributed by atoms with Crippen LogP contribution in [-0.2, 0) is 11.3 Å². The molecule has 21 heavy (non-hydrogen) atoms. The first-order valence-electron chi connectivity index (χ1n) is 7.00. The minimum absolute atomic E-state index is 0.0683. The molecular weight excluding hydrogens is 268 g/mol. The lowest BCUT2D eigenvalue weighted by Gasteiger charge is -2.12. The molecule has 1 amide bonds. The Hall–Kier alpha value is -2.21. The van der Waals surface area contributed by atoms with Crippen molar-refractivity contribution in [3.05, 3.63) is 47.8 Å². The number of carbonyl (C=O) groups excluding carboxylic acids is 1. The summed E-state index contributed by atoms with van der Waals surface area (Å²) in [5.41, 5.74) is 1.95. The zero-order chi connectivity index (χ0) is 15.1. The van der Waals surface area contributed by atoms with E-state index in [0.717, 1.165) is 11.1 Å². The highest BCUT2D eigenvalue weighted by atomic mass is 16.3. The van der Waals surface area contributed by atoms with Gasteiger partial charge in [-0.3, -0.25) is 9.48 Å². The van der Waals surface area contributed by atoms with E-state index in [0.29, 0.717) is 19.4 Å². The van der Waals surface area contributed by atoms with Crippen LogP contribution in [0.3, 0.4) is 0 Å². The zero-order valence-corrected chi connectivity index (χ0v) is 12.1. The Morgan fingerprint density at radius 1 is 1.38 bits per heavy atom. The number of carbonyl (C=O) groups is 1. The van der Waals surface area contributed by atoms with Gasteiger partial charge in [0, 0.05) is 25.7 Å². The van der Waals surface area contributed by atoms with Gasteiger partial charge in [0.1, 0.15) is 0 Å². The predicted octanol–water partition coefficient (Wildman–Crippen LogP) is 1.22. The van der Waals surface area contributed by atoms with Crippen molar-refractivity contribution in [2.75, 3.05) is 6.54 Å². The molecule has 2 N–H and O–H groups in total. The van der Waals surface area contributed by atoms with Crippen molar-refractivity contribution in [1.82, 2.24) is 20.3 Å². The molecule has 1 atom stereocenters. The molecule has 1 aromatic carbocycles. The van der Waals surface area contributed by atoms with E-state index >= 15 is 0 Å². The number of nitrogens with one attached hydrogen (secondary N) is 1. The number of aliphatic hydroxyl groups excluding tert-OH is 1. The predicted molar refractivity (Wildman–Crippen MR) is 78.4 cm³/mol. The summed E-state index contributed by atoms with van der Waals surface area (Å²) < 4.78 is 1.69.